The Kier molecular flexibility index (Phi) is 6.80. The summed E-state index contributed by atoms with van der Waals surface area (Å²) in [6, 6.07) is 14.5. The Labute approximate surface area is 192 Å². The number of ether oxygens (including phenoxy) is 1. The molecule has 0 aliphatic carbocycles. The largest absolute Gasteiger partial charge is 0.379 e. The zero-order chi connectivity index (χ0) is 22.7. The van der Waals surface area contributed by atoms with Gasteiger partial charge in [-0.25, -0.2) is 13.4 Å². The summed E-state index contributed by atoms with van der Waals surface area (Å²) in [6.45, 7) is 5.45. The number of amides is 1. The molecule has 7 nitrogen and oxygen atoms in total. The molecule has 1 N–H and O–H groups in total. The molecule has 1 aliphatic heterocycles. The minimum Gasteiger partial charge on any atom is -0.379 e. The van der Waals surface area contributed by atoms with Gasteiger partial charge in [0.05, 0.1) is 34.4 Å². The van der Waals surface area contributed by atoms with Crippen molar-refractivity contribution < 1.29 is 17.9 Å². The Morgan fingerprint density at radius 1 is 1.09 bits per heavy atom. The van der Waals surface area contributed by atoms with Gasteiger partial charge in [-0.1, -0.05) is 29.5 Å². The Bertz CT molecular complexity index is 1240. The maximum absolute atomic E-state index is 13.0. The highest BCUT2D eigenvalue weighted by atomic mass is 32.2. The van der Waals surface area contributed by atoms with Gasteiger partial charge in [-0.3, -0.25) is 4.79 Å². The Morgan fingerprint density at radius 2 is 1.81 bits per heavy atom. The molecule has 1 amide bonds. The summed E-state index contributed by atoms with van der Waals surface area (Å²) in [5, 5.41) is 4.38. The molecule has 168 valence electrons. The molecule has 1 saturated heterocycles. The zero-order valence-electron chi connectivity index (χ0n) is 18.0. The van der Waals surface area contributed by atoms with Crippen molar-refractivity contribution in [3.8, 4) is 0 Å². The SMILES string of the molecule is Cc1ccc(NC(=O)CSc2cc(C)c3cc(S(=O)(=O)N4CCOCC4)ccc3n2)cc1. The number of anilines is 1. The van der Waals surface area contributed by atoms with Crippen LogP contribution in [0.3, 0.4) is 0 Å². The van der Waals surface area contributed by atoms with E-state index in [0.29, 0.717) is 31.8 Å². The van der Waals surface area contributed by atoms with Gasteiger partial charge in [0, 0.05) is 24.2 Å². The van der Waals surface area contributed by atoms with Crippen molar-refractivity contribution in [2.75, 3.05) is 37.4 Å². The van der Waals surface area contributed by atoms with E-state index in [4.69, 9.17) is 4.74 Å². The van der Waals surface area contributed by atoms with Gasteiger partial charge < -0.3 is 10.1 Å². The highest BCUT2D eigenvalue weighted by molar-refractivity contribution is 7.99. The topological polar surface area (TPSA) is 88.6 Å². The van der Waals surface area contributed by atoms with Gasteiger partial charge in [0.1, 0.15) is 0 Å². The molecule has 0 radical (unpaired) electrons. The lowest BCUT2D eigenvalue weighted by molar-refractivity contribution is -0.113. The fourth-order valence-corrected chi connectivity index (χ4v) is 5.70. The minimum atomic E-state index is -3.57. The number of aryl methyl sites for hydroxylation is 2. The number of carbonyl (C=O) groups is 1. The molecular formula is C23H25N3O4S2. The lowest BCUT2D eigenvalue weighted by atomic mass is 10.1. The molecule has 2 heterocycles. The van der Waals surface area contributed by atoms with Gasteiger partial charge in [-0.05, 0) is 55.8 Å². The smallest absolute Gasteiger partial charge is 0.243 e. The van der Waals surface area contributed by atoms with Gasteiger partial charge in [0.2, 0.25) is 15.9 Å². The second-order valence-corrected chi connectivity index (χ2v) is 10.6. The summed E-state index contributed by atoms with van der Waals surface area (Å²) < 4.78 is 32.6. The van der Waals surface area contributed by atoms with Crippen molar-refractivity contribution in [1.29, 1.82) is 0 Å². The molecule has 4 rings (SSSR count). The molecule has 0 spiro atoms. The van der Waals surface area contributed by atoms with Gasteiger partial charge in [0.15, 0.2) is 0 Å². The van der Waals surface area contributed by atoms with Crippen molar-refractivity contribution in [3.63, 3.8) is 0 Å². The zero-order valence-corrected chi connectivity index (χ0v) is 19.6. The Balaban J connectivity index is 1.48. The van der Waals surface area contributed by atoms with Crippen molar-refractivity contribution in [1.82, 2.24) is 9.29 Å². The number of fused-ring (bicyclic) bond motifs is 1. The van der Waals surface area contributed by atoms with Crippen LogP contribution in [0.25, 0.3) is 10.9 Å². The van der Waals surface area contributed by atoms with Gasteiger partial charge >= 0.3 is 0 Å². The first-order valence-electron chi connectivity index (χ1n) is 10.3. The molecule has 0 bridgehead atoms. The Hall–Kier alpha value is -2.46. The molecule has 0 atom stereocenters. The molecule has 1 aliphatic rings. The number of hydrogen-bond acceptors (Lipinski definition) is 6. The molecular weight excluding hydrogens is 446 g/mol. The van der Waals surface area contributed by atoms with Crippen LogP contribution in [0.1, 0.15) is 11.1 Å². The van der Waals surface area contributed by atoms with Crippen molar-refractivity contribution in [3.05, 3.63) is 59.7 Å². The van der Waals surface area contributed by atoms with Crippen LogP contribution in [-0.2, 0) is 19.6 Å². The Morgan fingerprint density at radius 3 is 2.53 bits per heavy atom. The monoisotopic (exact) mass is 471 g/mol. The first-order chi connectivity index (χ1) is 15.3. The summed E-state index contributed by atoms with van der Waals surface area (Å²) in [5.74, 6) is 0.125. The van der Waals surface area contributed by atoms with Crippen LogP contribution < -0.4 is 5.32 Å². The predicted molar refractivity (Wildman–Crippen MR) is 127 cm³/mol. The van der Waals surface area contributed by atoms with Crippen molar-refractivity contribution >= 4 is 44.3 Å². The molecule has 0 unspecified atom stereocenters. The number of morpholine rings is 1. The molecule has 9 heteroatoms. The van der Waals surface area contributed by atoms with Crippen LogP contribution >= 0.6 is 11.8 Å². The maximum Gasteiger partial charge on any atom is 0.243 e. The third kappa shape index (κ3) is 5.12. The number of nitrogens with one attached hydrogen (secondary N) is 1. The quantitative estimate of drug-likeness (QED) is 0.553. The molecule has 1 fully saturated rings. The van der Waals surface area contributed by atoms with Crippen LogP contribution in [0.2, 0.25) is 0 Å². The van der Waals surface area contributed by atoms with E-state index in [9.17, 15) is 13.2 Å². The number of thioether (sulfide) groups is 1. The molecule has 2 aromatic carbocycles. The minimum absolute atomic E-state index is 0.106. The fraction of sp³-hybridized carbons (Fsp3) is 0.304. The molecule has 0 saturated carbocycles. The second-order valence-electron chi connectivity index (χ2n) is 7.68. The number of hydrogen-bond donors (Lipinski definition) is 1. The van der Waals surface area contributed by atoms with E-state index in [2.05, 4.69) is 10.3 Å². The number of carbonyl (C=O) groups excluding carboxylic acids is 1. The first kappa shape index (κ1) is 22.7. The van der Waals surface area contributed by atoms with E-state index >= 15 is 0 Å². The molecule has 1 aromatic heterocycles. The van der Waals surface area contributed by atoms with E-state index in [1.165, 1.54) is 16.1 Å². The van der Waals surface area contributed by atoms with Crippen LogP contribution in [0.4, 0.5) is 5.69 Å². The van der Waals surface area contributed by atoms with Crippen molar-refractivity contribution in [2.45, 2.75) is 23.8 Å². The number of sulfonamides is 1. The van der Waals surface area contributed by atoms with E-state index in [1.54, 1.807) is 18.2 Å². The standard InChI is InChI=1S/C23H25N3O4S2/c1-16-3-5-18(6-4-16)24-22(27)15-31-23-13-17(2)20-14-19(7-8-21(20)25-23)32(28,29)26-9-11-30-12-10-26/h3-8,13-14H,9-12,15H2,1-2H3,(H,24,27). The average Bonchev–Trinajstić information content (AvgIpc) is 2.79. The maximum atomic E-state index is 13.0. The van der Waals surface area contributed by atoms with E-state index < -0.39 is 10.0 Å². The molecule has 3 aromatic rings. The lowest BCUT2D eigenvalue weighted by Gasteiger charge is -2.26. The summed E-state index contributed by atoms with van der Waals surface area (Å²) in [6.07, 6.45) is 0. The summed E-state index contributed by atoms with van der Waals surface area (Å²) in [4.78, 5) is 17.2. The van der Waals surface area contributed by atoms with Crippen LogP contribution in [0.5, 0.6) is 0 Å². The van der Waals surface area contributed by atoms with Gasteiger partial charge in [-0.2, -0.15) is 4.31 Å². The number of aromatic nitrogens is 1. The van der Waals surface area contributed by atoms with Gasteiger partial charge in [0.25, 0.3) is 0 Å². The number of nitrogens with zero attached hydrogens (tertiary/aromatic N) is 2. The molecule has 32 heavy (non-hydrogen) atoms. The third-order valence-corrected chi connectivity index (χ3v) is 8.06. The van der Waals surface area contributed by atoms with E-state index in [1.807, 2.05) is 44.2 Å². The number of pyridine rings is 1. The summed E-state index contributed by atoms with van der Waals surface area (Å²) >= 11 is 1.35. The average molecular weight is 472 g/mol. The van der Waals surface area contributed by atoms with E-state index in [-0.39, 0.29) is 16.6 Å². The summed E-state index contributed by atoms with van der Waals surface area (Å²) in [7, 11) is -3.57. The van der Waals surface area contributed by atoms with Crippen LogP contribution in [0.15, 0.2) is 58.5 Å². The van der Waals surface area contributed by atoms with Gasteiger partial charge in [-0.15, -0.1) is 0 Å². The van der Waals surface area contributed by atoms with Crippen LogP contribution in [0, 0.1) is 13.8 Å². The first-order valence-corrected chi connectivity index (χ1v) is 12.7. The van der Waals surface area contributed by atoms with E-state index in [0.717, 1.165) is 27.2 Å². The summed E-state index contributed by atoms with van der Waals surface area (Å²) in [5.41, 5.74) is 3.51. The normalized spacial score (nSPS) is 15.1. The van der Waals surface area contributed by atoms with Crippen LogP contribution in [-0.4, -0.2) is 55.7 Å². The fourth-order valence-electron chi connectivity index (χ4n) is 3.49. The lowest BCUT2D eigenvalue weighted by Crippen LogP contribution is -2.40. The van der Waals surface area contributed by atoms with Crippen molar-refractivity contribution in [2.24, 2.45) is 0 Å². The highest BCUT2D eigenvalue weighted by Crippen LogP contribution is 2.27. The third-order valence-electron chi connectivity index (χ3n) is 5.26. The highest BCUT2D eigenvalue weighted by Gasteiger charge is 2.26. The second kappa shape index (κ2) is 9.58. The predicted octanol–water partition coefficient (Wildman–Crippen LogP) is 3.60. The number of benzene rings is 2. The number of rotatable bonds is 6.